The summed E-state index contributed by atoms with van der Waals surface area (Å²) < 4.78 is 13.0. The van der Waals surface area contributed by atoms with Gasteiger partial charge in [0.2, 0.25) is 11.8 Å². The van der Waals surface area contributed by atoms with Gasteiger partial charge in [-0.3, -0.25) is 13.8 Å². The predicted octanol–water partition coefficient (Wildman–Crippen LogP) is 1.87. The molecule has 0 radical (unpaired) electrons. The van der Waals surface area contributed by atoms with Gasteiger partial charge in [0, 0.05) is 38.0 Å². The molecule has 0 N–H and O–H groups in total. The monoisotopic (exact) mass is 386 g/mol. The van der Waals surface area contributed by atoms with Crippen LogP contribution in [0.25, 0.3) is 0 Å². The van der Waals surface area contributed by atoms with Crippen LogP contribution in [0.3, 0.4) is 0 Å². The summed E-state index contributed by atoms with van der Waals surface area (Å²) in [6.45, 7) is 3.73. The van der Waals surface area contributed by atoms with Crippen LogP contribution >= 0.6 is 0 Å². The van der Waals surface area contributed by atoms with Crippen molar-refractivity contribution in [3.63, 3.8) is 0 Å². The maximum Gasteiger partial charge on any atom is 0.235 e. The van der Waals surface area contributed by atoms with Crippen molar-refractivity contribution in [2.75, 3.05) is 31.9 Å². The van der Waals surface area contributed by atoms with E-state index in [2.05, 4.69) is 30.4 Å². The molecular formula is C21H26N2O3S. The van der Waals surface area contributed by atoms with Crippen LogP contribution in [0.4, 0.5) is 0 Å². The first kappa shape index (κ1) is 18.4. The van der Waals surface area contributed by atoms with Crippen LogP contribution in [-0.4, -0.2) is 57.8 Å². The number of amides is 2. The molecule has 144 valence electrons. The highest BCUT2D eigenvalue weighted by Crippen LogP contribution is 2.50. The molecular weight excluding hydrogens is 360 g/mol. The Hall–Kier alpha value is -1.95. The summed E-state index contributed by atoms with van der Waals surface area (Å²) in [7, 11) is -1.29. The van der Waals surface area contributed by atoms with E-state index in [4.69, 9.17) is 0 Å². The minimum Gasteiger partial charge on any atom is -0.339 e. The molecule has 0 spiro atoms. The Bertz CT molecular complexity index is 774. The zero-order valence-electron chi connectivity index (χ0n) is 15.6. The summed E-state index contributed by atoms with van der Waals surface area (Å²) in [4.78, 5) is 28.5. The number of piperazine rings is 1. The van der Waals surface area contributed by atoms with Crippen molar-refractivity contribution >= 4 is 22.6 Å². The molecule has 1 heterocycles. The van der Waals surface area contributed by atoms with Crippen LogP contribution in [0.15, 0.2) is 47.4 Å². The molecule has 0 aromatic heterocycles. The number of hydrogen-bond acceptors (Lipinski definition) is 3. The fraction of sp³-hybridized carbons (Fsp3) is 0.524. The molecule has 1 saturated carbocycles. The fourth-order valence-corrected chi connectivity index (χ4v) is 6.21. The van der Waals surface area contributed by atoms with Gasteiger partial charge in [-0.15, -0.1) is 0 Å². The van der Waals surface area contributed by atoms with Crippen LogP contribution in [0, 0.1) is 23.7 Å². The van der Waals surface area contributed by atoms with Gasteiger partial charge in [-0.05, 0) is 30.1 Å². The van der Waals surface area contributed by atoms with Crippen LogP contribution in [0.1, 0.15) is 13.3 Å². The average molecular weight is 387 g/mol. The third-order valence-corrected chi connectivity index (χ3v) is 7.76. The molecule has 4 aliphatic rings. The third kappa shape index (κ3) is 3.59. The standard InChI is InChI=1S/C21H26N2O3S/c1-15(24)22-9-11-23(12-10-22)21(25)14-27(26)20-8-4-7-18-17-6-3-2-5-16(17)13-19(18)20/h2-8,16-19H,9-14H2,1H3. The zero-order valence-corrected chi connectivity index (χ0v) is 16.4. The number of hydrogen-bond donors (Lipinski definition) is 0. The fourth-order valence-electron chi connectivity index (χ4n) is 4.81. The first-order valence-electron chi connectivity index (χ1n) is 9.69. The number of nitrogens with zero attached hydrogens (tertiary/aromatic N) is 2. The molecule has 5 unspecified atom stereocenters. The van der Waals surface area contributed by atoms with Gasteiger partial charge in [0.1, 0.15) is 5.75 Å². The number of carbonyl (C=O) groups excluding carboxylic acids is 2. The second-order valence-corrected chi connectivity index (χ2v) is 9.21. The van der Waals surface area contributed by atoms with Crippen molar-refractivity contribution in [1.82, 2.24) is 9.80 Å². The van der Waals surface area contributed by atoms with Gasteiger partial charge in [0.15, 0.2) is 0 Å². The van der Waals surface area contributed by atoms with Crippen molar-refractivity contribution in [2.24, 2.45) is 23.7 Å². The lowest BCUT2D eigenvalue weighted by Crippen LogP contribution is -2.51. The molecule has 4 rings (SSSR count). The first-order chi connectivity index (χ1) is 13.0. The molecule has 3 aliphatic carbocycles. The van der Waals surface area contributed by atoms with E-state index in [0.29, 0.717) is 43.9 Å². The second kappa shape index (κ2) is 7.58. The van der Waals surface area contributed by atoms with Crippen LogP contribution in [-0.2, 0) is 20.4 Å². The van der Waals surface area contributed by atoms with Gasteiger partial charge in [-0.1, -0.05) is 42.5 Å². The molecule has 0 aromatic rings. The molecule has 2 amide bonds. The van der Waals surface area contributed by atoms with Crippen molar-refractivity contribution in [1.29, 1.82) is 0 Å². The lowest BCUT2D eigenvalue weighted by molar-refractivity contribution is -0.136. The number of fused-ring (bicyclic) bond motifs is 3. The summed E-state index contributed by atoms with van der Waals surface area (Å²) in [5.74, 6) is 1.65. The van der Waals surface area contributed by atoms with Crippen molar-refractivity contribution in [3.8, 4) is 0 Å². The molecule has 0 aromatic carbocycles. The first-order valence-corrected chi connectivity index (χ1v) is 11.0. The Balaban J connectivity index is 1.39. The van der Waals surface area contributed by atoms with Crippen LogP contribution in [0.5, 0.6) is 0 Å². The second-order valence-electron chi connectivity index (χ2n) is 7.76. The van der Waals surface area contributed by atoms with Gasteiger partial charge >= 0.3 is 0 Å². The van der Waals surface area contributed by atoms with E-state index in [-0.39, 0.29) is 23.5 Å². The van der Waals surface area contributed by atoms with Crippen molar-refractivity contribution in [2.45, 2.75) is 13.3 Å². The predicted molar refractivity (Wildman–Crippen MR) is 106 cm³/mol. The van der Waals surface area contributed by atoms with Gasteiger partial charge in [-0.2, -0.15) is 0 Å². The maximum absolute atomic E-state index is 13.0. The minimum atomic E-state index is -1.29. The Morgan fingerprint density at radius 2 is 1.67 bits per heavy atom. The smallest absolute Gasteiger partial charge is 0.235 e. The lowest BCUT2D eigenvalue weighted by atomic mass is 9.83. The van der Waals surface area contributed by atoms with E-state index in [9.17, 15) is 13.8 Å². The normalized spacial score (nSPS) is 32.7. The minimum absolute atomic E-state index is 0.0432. The topological polar surface area (TPSA) is 57.7 Å². The summed E-state index contributed by atoms with van der Waals surface area (Å²) in [6, 6.07) is 0. The van der Waals surface area contributed by atoms with Gasteiger partial charge < -0.3 is 9.80 Å². The van der Waals surface area contributed by atoms with E-state index >= 15 is 0 Å². The Labute approximate surface area is 162 Å². The summed E-state index contributed by atoms with van der Waals surface area (Å²) >= 11 is 0. The van der Waals surface area contributed by atoms with E-state index in [1.54, 1.807) is 16.7 Å². The molecule has 1 saturated heterocycles. The molecule has 5 atom stereocenters. The summed E-state index contributed by atoms with van der Waals surface area (Å²) in [5.41, 5.74) is 0. The van der Waals surface area contributed by atoms with E-state index < -0.39 is 10.8 Å². The molecule has 1 aliphatic heterocycles. The highest BCUT2D eigenvalue weighted by atomic mass is 32.2. The van der Waals surface area contributed by atoms with Gasteiger partial charge in [0.25, 0.3) is 0 Å². The van der Waals surface area contributed by atoms with E-state index in [0.717, 1.165) is 11.3 Å². The number of allylic oxidation sites excluding steroid dienone is 8. The Morgan fingerprint density at radius 3 is 2.41 bits per heavy atom. The number of rotatable bonds is 3. The highest BCUT2D eigenvalue weighted by Gasteiger charge is 2.44. The lowest BCUT2D eigenvalue weighted by Gasteiger charge is -2.34. The van der Waals surface area contributed by atoms with Crippen LogP contribution in [0.2, 0.25) is 0 Å². The van der Waals surface area contributed by atoms with E-state index in [1.165, 1.54) is 0 Å². The van der Waals surface area contributed by atoms with Crippen molar-refractivity contribution in [3.05, 3.63) is 47.4 Å². The van der Waals surface area contributed by atoms with E-state index in [1.807, 2.05) is 12.2 Å². The molecule has 2 fully saturated rings. The summed E-state index contributed by atoms with van der Waals surface area (Å²) in [5, 5.41) is 0. The SMILES string of the molecule is CC(=O)N1CCN(C(=O)CS(=O)C2=CC=CC3C2CC2C=CC=CC23)CC1. The van der Waals surface area contributed by atoms with Gasteiger partial charge in [-0.25, -0.2) is 0 Å². The van der Waals surface area contributed by atoms with Crippen molar-refractivity contribution < 1.29 is 13.8 Å². The van der Waals surface area contributed by atoms with Gasteiger partial charge in [0.05, 0.1) is 10.8 Å². The average Bonchev–Trinajstić information content (AvgIpc) is 3.06. The number of carbonyl (C=O) groups is 2. The highest BCUT2D eigenvalue weighted by molar-refractivity contribution is 7.89. The third-order valence-electron chi connectivity index (χ3n) is 6.29. The molecule has 0 bridgehead atoms. The molecule has 5 nitrogen and oxygen atoms in total. The van der Waals surface area contributed by atoms with Crippen LogP contribution < -0.4 is 0 Å². The Morgan fingerprint density at radius 1 is 1.00 bits per heavy atom. The summed E-state index contributed by atoms with van der Waals surface area (Å²) in [6.07, 6.45) is 16.0. The zero-order chi connectivity index (χ0) is 19.0. The quantitative estimate of drug-likeness (QED) is 0.744. The Kier molecular flexibility index (Phi) is 5.17. The molecule has 27 heavy (non-hydrogen) atoms. The largest absolute Gasteiger partial charge is 0.339 e. The maximum atomic E-state index is 13.0. The molecule has 6 heteroatoms.